The van der Waals surface area contributed by atoms with Crippen LogP contribution in [0.5, 0.6) is 5.75 Å². The van der Waals surface area contributed by atoms with Crippen LogP contribution in [0.25, 0.3) is 0 Å². The first kappa shape index (κ1) is 7.98. The molecule has 66 valence electrons. The second-order valence-electron chi connectivity index (χ2n) is 3.17. The van der Waals surface area contributed by atoms with Gasteiger partial charge in [0.1, 0.15) is 5.75 Å². The number of fused-ring (bicyclic) bond motifs is 1. The van der Waals surface area contributed by atoms with Crippen LogP contribution in [0, 0.1) is 13.8 Å². The van der Waals surface area contributed by atoms with Crippen LogP contribution < -0.4 is 4.74 Å². The van der Waals surface area contributed by atoms with E-state index in [0.29, 0.717) is 11.3 Å². The predicted molar refractivity (Wildman–Crippen MR) is 45.9 cm³/mol. The molecule has 2 rings (SSSR count). The molecule has 0 spiro atoms. The third-order valence-electron chi connectivity index (χ3n) is 2.06. The monoisotopic (exact) mass is 176 g/mol. The molecule has 3 heteroatoms. The van der Waals surface area contributed by atoms with Gasteiger partial charge in [0.05, 0.1) is 5.56 Å². The van der Waals surface area contributed by atoms with E-state index in [2.05, 4.69) is 0 Å². The number of esters is 1. The first-order valence-electron chi connectivity index (χ1n) is 3.97. The molecule has 0 saturated heterocycles. The summed E-state index contributed by atoms with van der Waals surface area (Å²) in [5, 5.41) is 0. The first-order valence-corrected chi connectivity index (χ1v) is 3.97. The lowest BCUT2D eigenvalue weighted by Crippen LogP contribution is -2.10. The Hall–Kier alpha value is -1.64. The van der Waals surface area contributed by atoms with E-state index >= 15 is 0 Å². The summed E-state index contributed by atoms with van der Waals surface area (Å²) in [5.74, 6) is -0.913. The Labute approximate surface area is 75.3 Å². The van der Waals surface area contributed by atoms with E-state index in [0.717, 1.165) is 11.1 Å². The molecule has 0 N–H and O–H groups in total. The molecule has 0 saturated carbocycles. The van der Waals surface area contributed by atoms with Crippen LogP contribution in [0.4, 0.5) is 0 Å². The van der Waals surface area contributed by atoms with Crippen LogP contribution in [-0.2, 0) is 4.79 Å². The molecule has 0 bridgehead atoms. The minimum absolute atomic E-state index is 0.396. The van der Waals surface area contributed by atoms with E-state index < -0.39 is 11.8 Å². The van der Waals surface area contributed by atoms with Gasteiger partial charge in [-0.15, -0.1) is 0 Å². The number of carbonyl (C=O) groups is 2. The number of aryl methyl sites for hydroxylation is 2. The summed E-state index contributed by atoms with van der Waals surface area (Å²) < 4.78 is 4.79. The van der Waals surface area contributed by atoms with Gasteiger partial charge in [-0.05, 0) is 31.0 Å². The van der Waals surface area contributed by atoms with Gasteiger partial charge in [-0.2, -0.15) is 0 Å². The lowest BCUT2D eigenvalue weighted by molar-refractivity contribution is -0.128. The van der Waals surface area contributed by atoms with E-state index in [1.807, 2.05) is 13.0 Å². The maximum atomic E-state index is 11.3. The van der Waals surface area contributed by atoms with Crippen LogP contribution >= 0.6 is 0 Å². The van der Waals surface area contributed by atoms with Crippen molar-refractivity contribution in [1.29, 1.82) is 0 Å². The average Bonchev–Trinajstić information content (AvgIpc) is 2.27. The van der Waals surface area contributed by atoms with Gasteiger partial charge < -0.3 is 4.74 Å². The van der Waals surface area contributed by atoms with Crippen molar-refractivity contribution in [1.82, 2.24) is 0 Å². The molecular formula is C10H8O3. The van der Waals surface area contributed by atoms with Crippen molar-refractivity contribution < 1.29 is 14.3 Å². The third kappa shape index (κ3) is 1.04. The van der Waals surface area contributed by atoms with Crippen LogP contribution in [0.15, 0.2) is 12.1 Å². The zero-order chi connectivity index (χ0) is 9.59. The third-order valence-corrected chi connectivity index (χ3v) is 2.06. The molecule has 0 aromatic heterocycles. The highest BCUT2D eigenvalue weighted by molar-refractivity contribution is 6.44. The van der Waals surface area contributed by atoms with Crippen molar-refractivity contribution in [3.8, 4) is 5.75 Å². The molecule has 13 heavy (non-hydrogen) atoms. The number of carbonyl (C=O) groups excluding carboxylic acids is 2. The number of benzene rings is 1. The van der Waals surface area contributed by atoms with E-state index in [4.69, 9.17) is 4.74 Å². The average molecular weight is 176 g/mol. The fraction of sp³-hybridized carbons (Fsp3) is 0.200. The quantitative estimate of drug-likeness (QED) is 0.341. The van der Waals surface area contributed by atoms with Gasteiger partial charge in [-0.3, -0.25) is 4.79 Å². The summed E-state index contributed by atoms with van der Waals surface area (Å²) in [7, 11) is 0. The molecule has 0 fully saturated rings. The molecule has 0 radical (unpaired) electrons. The van der Waals surface area contributed by atoms with Gasteiger partial charge in [0.2, 0.25) is 0 Å². The normalized spacial score (nSPS) is 14.3. The summed E-state index contributed by atoms with van der Waals surface area (Å²) in [4.78, 5) is 22.2. The molecule has 0 aliphatic carbocycles. The molecule has 0 unspecified atom stereocenters. The Morgan fingerprint density at radius 2 is 1.85 bits per heavy atom. The Morgan fingerprint density at radius 1 is 1.15 bits per heavy atom. The van der Waals surface area contributed by atoms with Gasteiger partial charge in [0.25, 0.3) is 5.78 Å². The van der Waals surface area contributed by atoms with Gasteiger partial charge in [0.15, 0.2) is 0 Å². The highest BCUT2D eigenvalue weighted by Gasteiger charge is 2.32. The summed E-state index contributed by atoms with van der Waals surface area (Å²) in [5.41, 5.74) is 2.19. The highest BCUT2D eigenvalue weighted by Crippen LogP contribution is 2.29. The molecule has 0 atom stereocenters. The van der Waals surface area contributed by atoms with Gasteiger partial charge in [-0.1, -0.05) is 6.07 Å². The zero-order valence-corrected chi connectivity index (χ0v) is 7.38. The molecule has 1 aromatic carbocycles. The second-order valence-corrected chi connectivity index (χ2v) is 3.17. The van der Waals surface area contributed by atoms with Gasteiger partial charge in [-0.25, -0.2) is 4.79 Å². The number of hydrogen-bond acceptors (Lipinski definition) is 3. The van der Waals surface area contributed by atoms with Crippen molar-refractivity contribution in [3.63, 3.8) is 0 Å². The molecular weight excluding hydrogens is 168 g/mol. The summed E-state index contributed by atoms with van der Waals surface area (Å²) in [6.07, 6.45) is 0. The maximum Gasteiger partial charge on any atom is 0.385 e. The molecule has 1 aromatic rings. The molecule has 3 nitrogen and oxygen atoms in total. The fourth-order valence-electron chi connectivity index (χ4n) is 1.55. The van der Waals surface area contributed by atoms with E-state index in [1.165, 1.54) is 0 Å². The molecule has 0 amide bonds. The van der Waals surface area contributed by atoms with Crippen molar-refractivity contribution in [3.05, 3.63) is 28.8 Å². The first-order chi connectivity index (χ1) is 6.09. The lowest BCUT2D eigenvalue weighted by Gasteiger charge is -2.00. The summed E-state index contributed by atoms with van der Waals surface area (Å²) >= 11 is 0. The molecule has 1 aliphatic rings. The lowest BCUT2D eigenvalue weighted by atomic mass is 10.0. The number of Topliss-reactive ketones (excluding diaryl/α,β-unsaturated/α-hetero) is 1. The van der Waals surface area contributed by atoms with E-state index in [9.17, 15) is 9.59 Å². The number of ketones is 1. The maximum absolute atomic E-state index is 11.3. The zero-order valence-electron chi connectivity index (χ0n) is 7.38. The Balaban J connectivity index is 2.71. The minimum atomic E-state index is -0.774. The van der Waals surface area contributed by atoms with Crippen molar-refractivity contribution in [2.45, 2.75) is 13.8 Å². The van der Waals surface area contributed by atoms with Crippen molar-refractivity contribution in [2.24, 2.45) is 0 Å². The Kier molecular flexibility index (Phi) is 1.49. The standard InChI is InChI=1S/C10H8O3/c1-5-3-6(2)8-7(4-5)13-10(12)9(8)11/h3-4H,1-2H3. The largest absolute Gasteiger partial charge is 0.420 e. The van der Waals surface area contributed by atoms with Crippen LogP contribution in [0.1, 0.15) is 21.5 Å². The van der Waals surface area contributed by atoms with E-state index in [1.54, 1.807) is 13.0 Å². The number of ether oxygens (including phenoxy) is 1. The SMILES string of the molecule is Cc1cc(C)c2c(c1)OC(=O)C2=O. The summed E-state index contributed by atoms with van der Waals surface area (Å²) in [6.45, 7) is 3.69. The number of hydrogen-bond donors (Lipinski definition) is 0. The van der Waals surface area contributed by atoms with E-state index in [-0.39, 0.29) is 0 Å². The molecule has 1 heterocycles. The topological polar surface area (TPSA) is 43.4 Å². The smallest absolute Gasteiger partial charge is 0.385 e. The fourth-order valence-corrected chi connectivity index (χ4v) is 1.55. The van der Waals surface area contributed by atoms with Crippen LogP contribution in [-0.4, -0.2) is 11.8 Å². The Morgan fingerprint density at radius 3 is 2.54 bits per heavy atom. The van der Waals surface area contributed by atoms with Gasteiger partial charge in [0, 0.05) is 0 Å². The second kappa shape index (κ2) is 2.42. The van der Waals surface area contributed by atoms with Crippen molar-refractivity contribution in [2.75, 3.05) is 0 Å². The van der Waals surface area contributed by atoms with Crippen molar-refractivity contribution >= 4 is 11.8 Å². The Bertz CT molecular complexity index is 418. The number of rotatable bonds is 0. The predicted octanol–water partition coefficient (Wildman–Crippen LogP) is 1.41. The minimum Gasteiger partial charge on any atom is -0.420 e. The van der Waals surface area contributed by atoms with Crippen LogP contribution in [0.3, 0.4) is 0 Å². The van der Waals surface area contributed by atoms with Gasteiger partial charge >= 0.3 is 5.97 Å². The van der Waals surface area contributed by atoms with Crippen LogP contribution in [0.2, 0.25) is 0 Å². The highest BCUT2D eigenvalue weighted by atomic mass is 16.5. The summed E-state index contributed by atoms with van der Waals surface area (Å²) in [6, 6.07) is 3.56. The molecule has 1 aliphatic heterocycles.